The molecule has 7 nitrogen and oxygen atoms in total. The molecule has 1 amide bonds. The predicted octanol–water partition coefficient (Wildman–Crippen LogP) is 3.02. The van der Waals surface area contributed by atoms with E-state index in [1.54, 1.807) is 9.58 Å². The molecule has 0 fully saturated rings. The van der Waals surface area contributed by atoms with Crippen molar-refractivity contribution in [3.63, 3.8) is 0 Å². The molecule has 3 rings (SSSR count). The molecule has 3 aromatic rings. The van der Waals surface area contributed by atoms with Gasteiger partial charge < -0.3 is 9.64 Å². The molecular formula is C19H20N4O3S. The number of aromatic nitrogens is 3. The summed E-state index contributed by atoms with van der Waals surface area (Å²) in [6.07, 6.45) is 0. The Hall–Kier alpha value is -3.00. The van der Waals surface area contributed by atoms with E-state index in [4.69, 9.17) is 4.74 Å². The van der Waals surface area contributed by atoms with Crippen LogP contribution in [0.1, 0.15) is 24.5 Å². The standard InChI is InChI=1S/C19H20N4O3S/c1-3-22(4-2)16(24)13-26-19(25)17-20-18(15-11-8-12-27-15)23(21-17)14-9-6-5-7-10-14/h5-12H,3-4,13H2,1-2H3. The van der Waals surface area contributed by atoms with Gasteiger partial charge in [0.15, 0.2) is 12.4 Å². The molecule has 0 aliphatic carbocycles. The van der Waals surface area contributed by atoms with E-state index in [2.05, 4.69) is 10.1 Å². The zero-order valence-electron chi connectivity index (χ0n) is 15.2. The van der Waals surface area contributed by atoms with Gasteiger partial charge >= 0.3 is 5.97 Å². The van der Waals surface area contributed by atoms with Gasteiger partial charge in [0.05, 0.1) is 10.6 Å². The van der Waals surface area contributed by atoms with Crippen LogP contribution in [0.5, 0.6) is 0 Å². The van der Waals surface area contributed by atoms with E-state index in [0.717, 1.165) is 10.6 Å². The van der Waals surface area contributed by atoms with Gasteiger partial charge in [-0.3, -0.25) is 4.79 Å². The van der Waals surface area contributed by atoms with Gasteiger partial charge in [0.1, 0.15) is 0 Å². The molecule has 0 spiro atoms. The fourth-order valence-corrected chi connectivity index (χ4v) is 3.27. The van der Waals surface area contributed by atoms with Crippen molar-refractivity contribution in [1.29, 1.82) is 0 Å². The minimum Gasteiger partial charge on any atom is -0.450 e. The third kappa shape index (κ3) is 4.22. The summed E-state index contributed by atoms with van der Waals surface area (Å²) in [6, 6.07) is 13.2. The van der Waals surface area contributed by atoms with Crippen molar-refractivity contribution in [2.24, 2.45) is 0 Å². The first kappa shape index (κ1) is 18.8. The highest BCUT2D eigenvalue weighted by atomic mass is 32.1. The molecule has 0 N–H and O–H groups in total. The van der Waals surface area contributed by atoms with Crippen molar-refractivity contribution in [3.8, 4) is 16.4 Å². The lowest BCUT2D eigenvalue weighted by Gasteiger charge is -2.17. The zero-order chi connectivity index (χ0) is 19.2. The van der Waals surface area contributed by atoms with E-state index < -0.39 is 5.97 Å². The summed E-state index contributed by atoms with van der Waals surface area (Å²) in [6.45, 7) is 4.56. The summed E-state index contributed by atoms with van der Waals surface area (Å²) in [5.74, 6) is -0.481. The normalized spacial score (nSPS) is 10.6. The van der Waals surface area contributed by atoms with Crippen LogP contribution in [0.25, 0.3) is 16.4 Å². The van der Waals surface area contributed by atoms with Gasteiger partial charge in [0.2, 0.25) is 0 Å². The Kier molecular flexibility index (Phi) is 5.97. The number of benzene rings is 1. The summed E-state index contributed by atoms with van der Waals surface area (Å²) in [4.78, 5) is 31.2. The molecule has 0 unspecified atom stereocenters. The van der Waals surface area contributed by atoms with Crippen LogP contribution in [0.15, 0.2) is 47.8 Å². The van der Waals surface area contributed by atoms with Crippen LogP contribution in [0, 0.1) is 0 Å². The van der Waals surface area contributed by atoms with Crippen LogP contribution in [0.2, 0.25) is 0 Å². The van der Waals surface area contributed by atoms with Crippen molar-refractivity contribution < 1.29 is 14.3 Å². The summed E-state index contributed by atoms with van der Waals surface area (Å²) < 4.78 is 6.74. The lowest BCUT2D eigenvalue weighted by molar-refractivity contribution is -0.134. The van der Waals surface area contributed by atoms with E-state index in [0.29, 0.717) is 18.9 Å². The highest BCUT2D eigenvalue weighted by Crippen LogP contribution is 2.25. The molecule has 1 aromatic carbocycles. The van der Waals surface area contributed by atoms with Gasteiger partial charge in [-0.05, 0) is 37.4 Å². The lowest BCUT2D eigenvalue weighted by atomic mass is 10.3. The molecule has 2 aromatic heterocycles. The number of amides is 1. The molecule has 140 valence electrons. The second kappa shape index (κ2) is 8.59. The average Bonchev–Trinajstić information content (AvgIpc) is 3.37. The second-order valence-electron chi connectivity index (χ2n) is 5.63. The number of hydrogen-bond acceptors (Lipinski definition) is 6. The smallest absolute Gasteiger partial charge is 0.378 e. The van der Waals surface area contributed by atoms with Crippen molar-refractivity contribution >= 4 is 23.2 Å². The highest BCUT2D eigenvalue weighted by Gasteiger charge is 2.22. The number of carbonyl (C=O) groups excluding carboxylic acids is 2. The quantitative estimate of drug-likeness (QED) is 0.585. The molecule has 0 bridgehead atoms. The van der Waals surface area contributed by atoms with E-state index in [-0.39, 0.29) is 18.3 Å². The first-order chi connectivity index (χ1) is 13.1. The van der Waals surface area contributed by atoms with Crippen LogP contribution >= 0.6 is 11.3 Å². The number of para-hydroxylation sites is 1. The SMILES string of the molecule is CCN(CC)C(=O)COC(=O)c1nc(-c2cccs2)n(-c2ccccc2)n1. The molecule has 27 heavy (non-hydrogen) atoms. The number of ether oxygens (including phenoxy) is 1. The minimum atomic E-state index is -0.719. The maximum Gasteiger partial charge on any atom is 0.378 e. The number of nitrogens with zero attached hydrogens (tertiary/aromatic N) is 4. The number of carbonyl (C=O) groups is 2. The second-order valence-corrected chi connectivity index (χ2v) is 6.57. The van der Waals surface area contributed by atoms with E-state index in [1.165, 1.54) is 11.3 Å². The number of rotatable bonds is 7. The molecular weight excluding hydrogens is 364 g/mol. The van der Waals surface area contributed by atoms with Crippen molar-refractivity contribution in [3.05, 3.63) is 53.7 Å². The van der Waals surface area contributed by atoms with E-state index >= 15 is 0 Å². The van der Waals surface area contributed by atoms with Crippen LogP contribution < -0.4 is 0 Å². The van der Waals surface area contributed by atoms with Crippen LogP contribution in [-0.2, 0) is 9.53 Å². The van der Waals surface area contributed by atoms with Crippen LogP contribution in [-0.4, -0.2) is 51.2 Å². The molecule has 0 atom stereocenters. The zero-order valence-corrected chi connectivity index (χ0v) is 16.0. The third-order valence-electron chi connectivity index (χ3n) is 3.97. The first-order valence-electron chi connectivity index (χ1n) is 8.65. The number of esters is 1. The monoisotopic (exact) mass is 384 g/mol. The third-order valence-corrected chi connectivity index (χ3v) is 4.84. The predicted molar refractivity (Wildman–Crippen MR) is 103 cm³/mol. The Bertz CT molecular complexity index is 902. The molecule has 0 saturated carbocycles. The first-order valence-corrected chi connectivity index (χ1v) is 9.53. The Labute approximate surface area is 161 Å². The Balaban J connectivity index is 1.84. The Morgan fingerprint density at radius 3 is 2.48 bits per heavy atom. The van der Waals surface area contributed by atoms with Crippen molar-refractivity contribution in [1.82, 2.24) is 19.7 Å². The summed E-state index contributed by atoms with van der Waals surface area (Å²) >= 11 is 1.50. The summed E-state index contributed by atoms with van der Waals surface area (Å²) in [7, 11) is 0. The molecule has 0 saturated heterocycles. The molecule has 0 aliphatic rings. The summed E-state index contributed by atoms with van der Waals surface area (Å²) in [5.41, 5.74) is 0.784. The van der Waals surface area contributed by atoms with Gasteiger partial charge in [-0.25, -0.2) is 9.48 Å². The Morgan fingerprint density at radius 2 is 1.85 bits per heavy atom. The summed E-state index contributed by atoms with van der Waals surface area (Å²) in [5, 5.41) is 6.24. The number of thiophene rings is 1. The number of hydrogen-bond donors (Lipinski definition) is 0. The molecule has 8 heteroatoms. The Morgan fingerprint density at radius 1 is 1.11 bits per heavy atom. The maximum absolute atomic E-state index is 12.4. The van der Waals surface area contributed by atoms with Crippen molar-refractivity contribution in [2.75, 3.05) is 19.7 Å². The topological polar surface area (TPSA) is 77.3 Å². The van der Waals surface area contributed by atoms with E-state index in [1.807, 2.05) is 61.7 Å². The van der Waals surface area contributed by atoms with Gasteiger partial charge in [-0.2, -0.15) is 4.98 Å². The lowest BCUT2D eigenvalue weighted by Crippen LogP contribution is -2.34. The number of likely N-dealkylation sites (N-methyl/N-ethyl adjacent to an activating group) is 1. The van der Waals surface area contributed by atoms with Gasteiger partial charge in [0, 0.05) is 13.1 Å². The average molecular weight is 384 g/mol. The molecule has 0 aliphatic heterocycles. The van der Waals surface area contributed by atoms with Gasteiger partial charge in [-0.1, -0.05) is 24.3 Å². The molecule has 0 radical (unpaired) electrons. The van der Waals surface area contributed by atoms with Crippen LogP contribution in [0.3, 0.4) is 0 Å². The largest absolute Gasteiger partial charge is 0.450 e. The van der Waals surface area contributed by atoms with E-state index in [9.17, 15) is 9.59 Å². The highest BCUT2D eigenvalue weighted by molar-refractivity contribution is 7.13. The fourth-order valence-electron chi connectivity index (χ4n) is 2.57. The van der Waals surface area contributed by atoms with Gasteiger partial charge in [0.25, 0.3) is 11.7 Å². The maximum atomic E-state index is 12.4. The van der Waals surface area contributed by atoms with Crippen LogP contribution in [0.4, 0.5) is 0 Å². The molecule has 2 heterocycles. The van der Waals surface area contributed by atoms with Gasteiger partial charge in [-0.15, -0.1) is 16.4 Å². The van der Waals surface area contributed by atoms with Crippen molar-refractivity contribution in [2.45, 2.75) is 13.8 Å². The fraction of sp³-hybridized carbons (Fsp3) is 0.263. The minimum absolute atomic E-state index is 0.0744.